The second kappa shape index (κ2) is 4.99. The maximum absolute atomic E-state index is 10.3. The lowest BCUT2D eigenvalue weighted by molar-refractivity contribution is -0.139. The third-order valence-electron chi connectivity index (χ3n) is 1.09. The van der Waals surface area contributed by atoms with Gasteiger partial charge in [-0.3, -0.25) is 4.79 Å². The molecule has 0 aromatic carbocycles. The minimum absolute atomic E-state index is 0.0162. The standard InChI is InChI=1S/C7H11O3/c1-2-6(7(9)10)4-3-5-8/h2,4,6,8H,1,3,5H2,(H,9,10). The van der Waals surface area contributed by atoms with E-state index in [1.54, 1.807) is 0 Å². The highest BCUT2D eigenvalue weighted by Gasteiger charge is 2.11. The number of carboxylic acids is 1. The molecule has 0 aromatic heterocycles. The number of rotatable bonds is 5. The predicted octanol–water partition coefficient (Wildman–Crippen LogP) is 0.460. The number of hydrogen-bond acceptors (Lipinski definition) is 2. The summed E-state index contributed by atoms with van der Waals surface area (Å²) in [5.74, 6) is -1.56. The van der Waals surface area contributed by atoms with Crippen LogP contribution in [0, 0.1) is 12.3 Å². The van der Waals surface area contributed by atoms with Crippen LogP contribution in [0.2, 0.25) is 0 Å². The number of aliphatic hydroxyl groups is 1. The Labute approximate surface area is 60.0 Å². The lowest BCUT2D eigenvalue weighted by atomic mass is 10.0. The van der Waals surface area contributed by atoms with Gasteiger partial charge in [0.25, 0.3) is 0 Å². The molecular weight excluding hydrogens is 132 g/mol. The highest BCUT2D eigenvalue weighted by atomic mass is 16.4. The molecule has 0 saturated heterocycles. The maximum Gasteiger partial charge on any atom is 0.310 e. The topological polar surface area (TPSA) is 57.5 Å². The zero-order valence-electron chi connectivity index (χ0n) is 5.66. The molecule has 0 heterocycles. The normalized spacial score (nSPS) is 12.5. The number of aliphatic hydroxyl groups excluding tert-OH is 1. The third kappa shape index (κ3) is 3.25. The molecule has 0 aliphatic rings. The predicted molar refractivity (Wildman–Crippen MR) is 37.3 cm³/mol. The van der Waals surface area contributed by atoms with Crippen molar-refractivity contribution in [2.75, 3.05) is 6.61 Å². The largest absolute Gasteiger partial charge is 0.481 e. The van der Waals surface area contributed by atoms with Crippen molar-refractivity contribution in [1.82, 2.24) is 0 Å². The summed E-state index contributed by atoms with van der Waals surface area (Å²) in [6.45, 7) is 3.33. The van der Waals surface area contributed by atoms with E-state index < -0.39 is 11.9 Å². The summed E-state index contributed by atoms with van der Waals surface area (Å²) in [5.41, 5.74) is 0. The summed E-state index contributed by atoms with van der Waals surface area (Å²) in [5, 5.41) is 16.7. The Morgan fingerprint density at radius 1 is 1.70 bits per heavy atom. The molecule has 0 saturated carbocycles. The molecule has 3 heteroatoms. The molecule has 0 aliphatic carbocycles. The molecule has 1 radical (unpaired) electrons. The number of carbonyl (C=O) groups is 1. The van der Waals surface area contributed by atoms with Gasteiger partial charge in [0.2, 0.25) is 0 Å². The average molecular weight is 143 g/mol. The van der Waals surface area contributed by atoms with Crippen molar-refractivity contribution < 1.29 is 15.0 Å². The summed E-state index contributed by atoms with van der Waals surface area (Å²) < 4.78 is 0. The second-order valence-electron chi connectivity index (χ2n) is 1.85. The van der Waals surface area contributed by atoms with E-state index in [0.717, 1.165) is 0 Å². The molecule has 3 nitrogen and oxygen atoms in total. The van der Waals surface area contributed by atoms with E-state index in [1.165, 1.54) is 12.5 Å². The molecular formula is C7H11O3. The smallest absolute Gasteiger partial charge is 0.310 e. The van der Waals surface area contributed by atoms with Crippen molar-refractivity contribution in [1.29, 1.82) is 0 Å². The van der Waals surface area contributed by atoms with Gasteiger partial charge in [-0.05, 0) is 12.8 Å². The molecule has 10 heavy (non-hydrogen) atoms. The van der Waals surface area contributed by atoms with Crippen LogP contribution in [0.4, 0.5) is 0 Å². The Bertz CT molecular complexity index is 120. The van der Waals surface area contributed by atoms with Crippen LogP contribution >= 0.6 is 0 Å². The summed E-state index contributed by atoms with van der Waals surface area (Å²) in [6, 6.07) is 0. The average Bonchev–Trinajstić information content (AvgIpc) is 1.89. The molecule has 0 aromatic rings. The first-order valence-electron chi connectivity index (χ1n) is 3.02. The van der Waals surface area contributed by atoms with E-state index >= 15 is 0 Å². The van der Waals surface area contributed by atoms with Gasteiger partial charge >= 0.3 is 5.97 Å². The first kappa shape index (κ1) is 9.17. The van der Waals surface area contributed by atoms with Gasteiger partial charge in [-0.25, -0.2) is 0 Å². The minimum atomic E-state index is -0.927. The molecule has 0 aliphatic heterocycles. The monoisotopic (exact) mass is 143 g/mol. The third-order valence-corrected chi connectivity index (χ3v) is 1.09. The number of carboxylic acid groups (broad SMARTS) is 1. The summed E-state index contributed by atoms with van der Waals surface area (Å²) in [4.78, 5) is 10.3. The molecule has 0 bridgehead atoms. The van der Waals surface area contributed by atoms with Crippen molar-refractivity contribution >= 4 is 5.97 Å². The molecule has 0 amide bonds. The Hall–Kier alpha value is -0.830. The van der Waals surface area contributed by atoms with Gasteiger partial charge in [-0.15, -0.1) is 6.58 Å². The molecule has 57 valence electrons. The number of aliphatic carboxylic acids is 1. The van der Waals surface area contributed by atoms with E-state index in [1.807, 2.05) is 0 Å². The van der Waals surface area contributed by atoms with Crippen LogP contribution in [0.5, 0.6) is 0 Å². The summed E-state index contributed by atoms with van der Waals surface area (Å²) in [7, 11) is 0. The van der Waals surface area contributed by atoms with Crippen LogP contribution in [0.25, 0.3) is 0 Å². The van der Waals surface area contributed by atoms with E-state index in [-0.39, 0.29) is 6.61 Å². The van der Waals surface area contributed by atoms with Gasteiger partial charge in [0.05, 0.1) is 5.92 Å². The maximum atomic E-state index is 10.3. The second-order valence-corrected chi connectivity index (χ2v) is 1.85. The molecule has 0 rings (SSSR count). The molecule has 2 N–H and O–H groups in total. The first-order valence-corrected chi connectivity index (χ1v) is 3.02. The van der Waals surface area contributed by atoms with Crippen LogP contribution in [0.3, 0.4) is 0 Å². The van der Waals surface area contributed by atoms with Crippen LogP contribution in [-0.2, 0) is 4.79 Å². The first-order chi connectivity index (χ1) is 4.72. The fraction of sp³-hybridized carbons (Fsp3) is 0.429. The van der Waals surface area contributed by atoms with Gasteiger partial charge in [0.1, 0.15) is 0 Å². The van der Waals surface area contributed by atoms with E-state index in [0.29, 0.717) is 6.42 Å². The van der Waals surface area contributed by atoms with Crippen LogP contribution in [-0.4, -0.2) is 22.8 Å². The number of hydrogen-bond donors (Lipinski definition) is 2. The van der Waals surface area contributed by atoms with Crippen molar-refractivity contribution in [3.63, 3.8) is 0 Å². The van der Waals surface area contributed by atoms with Crippen molar-refractivity contribution in [2.45, 2.75) is 6.42 Å². The van der Waals surface area contributed by atoms with Gasteiger partial charge in [0, 0.05) is 6.61 Å². The highest BCUT2D eigenvalue weighted by molar-refractivity contribution is 5.73. The lowest BCUT2D eigenvalue weighted by Gasteiger charge is -2.03. The fourth-order valence-electron chi connectivity index (χ4n) is 0.552. The summed E-state index contributed by atoms with van der Waals surface area (Å²) in [6.07, 6.45) is 3.23. The van der Waals surface area contributed by atoms with Crippen LogP contribution < -0.4 is 0 Å². The highest BCUT2D eigenvalue weighted by Crippen LogP contribution is 2.05. The van der Waals surface area contributed by atoms with Gasteiger partial charge in [0.15, 0.2) is 0 Å². The Balaban J connectivity index is 3.60. The minimum Gasteiger partial charge on any atom is -0.481 e. The Morgan fingerprint density at radius 3 is 2.60 bits per heavy atom. The molecule has 1 unspecified atom stereocenters. The zero-order chi connectivity index (χ0) is 7.98. The lowest BCUT2D eigenvalue weighted by Crippen LogP contribution is -2.11. The Morgan fingerprint density at radius 2 is 2.30 bits per heavy atom. The molecule has 0 spiro atoms. The van der Waals surface area contributed by atoms with Crippen LogP contribution in [0.1, 0.15) is 6.42 Å². The SMILES string of the molecule is C=CC([CH]CCO)C(=O)O. The van der Waals surface area contributed by atoms with Gasteiger partial charge in [-0.1, -0.05) is 6.08 Å². The van der Waals surface area contributed by atoms with Crippen molar-refractivity contribution in [3.05, 3.63) is 19.1 Å². The van der Waals surface area contributed by atoms with E-state index in [4.69, 9.17) is 10.2 Å². The van der Waals surface area contributed by atoms with Gasteiger partial charge in [-0.2, -0.15) is 0 Å². The molecule has 0 fully saturated rings. The Kier molecular flexibility index (Phi) is 4.58. The summed E-state index contributed by atoms with van der Waals surface area (Å²) >= 11 is 0. The van der Waals surface area contributed by atoms with Crippen molar-refractivity contribution in [3.8, 4) is 0 Å². The van der Waals surface area contributed by atoms with Crippen LogP contribution in [0.15, 0.2) is 12.7 Å². The fourth-order valence-corrected chi connectivity index (χ4v) is 0.552. The van der Waals surface area contributed by atoms with Crippen molar-refractivity contribution in [2.24, 2.45) is 5.92 Å². The quantitative estimate of drug-likeness (QED) is 0.550. The van der Waals surface area contributed by atoms with Gasteiger partial charge < -0.3 is 10.2 Å². The van der Waals surface area contributed by atoms with E-state index in [9.17, 15) is 4.79 Å². The molecule has 1 atom stereocenters. The van der Waals surface area contributed by atoms with E-state index in [2.05, 4.69) is 6.58 Å². The zero-order valence-corrected chi connectivity index (χ0v) is 5.66.